The standard InChI is InChI=1S/C9H16N2O6S/c12-7-5-8(9(13)14)11(6-7)18(15,16)10-1-3-17-4-2-10/h7-8,12H,1-6H2,(H,13,14). The van der Waals surface area contributed by atoms with E-state index in [1.165, 1.54) is 4.31 Å². The van der Waals surface area contributed by atoms with Crippen molar-refractivity contribution in [2.75, 3.05) is 32.8 Å². The first-order valence-corrected chi connectivity index (χ1v) is 7.08. The summed E-state index contributed by atoms with van der Waals surface area (Å²) in [4.78, 5) is 11.0. The zero-order chi connectivity index (χ0) is 13.3. The van der Waals surface area contributed by atoms with Crippen molar-refractivity contribution in [3.05, 3.63) is 0 Å². The number of hydrogen-bond acceptors (Lipinski definition) is 5. The third kappa shape index (κ3) is 2.50. The molecule has 0 saturated carbocycles. The molecule has 0 amide bonds. The fraction of sp³-hybridized carbons (Fsp3) is 0.889. The normalized spacial score (nSPS) is 31.6. The van der Waals surface area contributed by atoms with Crippen LogP contribution in [0, 0.1) is 0 Å². The zero-order valence-corrected chi connectivity index (χ0v) is 10.5. The van der Waals surface area contributed by atoms with Gasteiger partial charge < -0.3 is 14.9 Å². The average molecular weight is 280 g/mol. The predicted molar refractivity (Wildman–Crippen MR) is 60.1 cm³/mol. The van der Waals surface area contributed by atoms with Gasteiger partial charge in [-0.25, -0.2) is 0 Å². The number of β-amino-alcohol motifs (C(OH)–C–C–N with tert-alkyl or cyclic N) is 1. The van der Waals surface area contributed by atoms with E-state index in [4.69, 9.17) is 9.84 Å². The molecule has 0 radical (unpaired) electrons. The second-order valence-corrected chi connectivity index (χ2v) is 6.21. The molecule has 0 aromatic carbocycles. The summed E-state index contributed by atoms with van der Waals surface area (Å²) in [6.07, 6.45) is -0.999. The van der Waals surface area contributed by atoms with Gasteiger partial charge in [-0.15, -0.1) is 0 Å². The van der Waals surface area contributed by atoms with Gasteiger partial charge in [0.05, 0.1) is 19.3 Å². The lowest BCUT2D eigenvalue weighted by molar-refractivity contribution is -0.140. The van der Waals surface area contributed by atoms with Gasteiger partial charge in [0, 0.05) is 26.1 Å². The lowest BCUT2D eigenvalue weighted by Gasteiger charge is -2.31. The number of nitrogens with zero attached hydrogens (tertiary/aromatic N) is 2. The van der Waals surface area contributed by atoms with Crippen LogP contribution in [0.1, 0.15) is 6.42 Å². The number of carbonyl (C=O) groups is 1. The van der Waals surface area contributed by atoms with E-state index in [1.54, 1.807) is 0 Å². The molecule has 2 saturated heterocycles. The number of carboxylic acids is 1. The van der Waals surface area contributed by atoms with E-state index in [0.29, 0.717) is 13.2 Å². The summed E-state index contributed by atoms with van der Waals surface area (Å²) in [7, 11) is -3.84. The first kappa shape index (κ1) is 13.7. The van der Waals surface area contributed by atoms with Crippen molar-refractivity contribution in [3.63, 3.8) is 0 Å². The summed E-state index contributed by atoms with van der Waals surface area (Å²) in [6, 6.07) is -1.19. The number of hydrogen-bond donors (Lipinski definition) is 2. The highest BCUT2D eigenvalue weighted by molar-refractivity contribution is 7.86. The minimum absolute atomic E-state index is 0.0705. The average Bonchev–Trinajstić information content (AvgIpc) is 2.73. The molecule has 18 heavy (non-hydrogen) atoms. The van der Waals surface area contributed by atoms with Crippen LogP contribution in [-0.4, -0.2) is 78.2 Å². The van der Waals surface area contributed by atoms with Gasteiger partial charge in [-0.3, -0.25) is 4.79 Å². The Morgan fingerprint density at radius 3 is 2.44 bits per heavy atom. The summed E-state index contributed by atoms with van der Waals surface area (Å²) in [6.45, 7) is 0.847. The highest BCUT2D eigenvalue weighted by atomic mass is 32.2. The third-order valence-electron chi connectivity index (χ3n) is 3.11. The van der Waals surface area contributed by atoms with E-state index >= 15 is 0 Å². The molecule has 2 aliphatic rings. The quantitative estimate of drug-likeness (QED) is 0.624. The lowest BCUT2D eigenvalue weighted by atomic mass is 10.2. The van der Waals surface area contributed by atoms with Gasteiger partial charge in [0.2, 0.25) is 0 Å². The molecule has 2 heterocycles. The number of rotatable bonds is 3. The zero-order valence-electron chi connectivity index (χ0n) is 9.73. The highest BCUT2D eigenvalue weighted by Crippen LogP contribution is 2.24. The lowest BCUT2D eigenvalue weighted by Crippen LogP contribution is -2.51. The van der Waals surface area contributed by atoms with Crippen LogP contribution >= 0.6 is 0 Å². The molecule has 0 spiro atoms. The van der Waals surface area contributed by atoms with Crippen LogP contribution in [0.25, 0.3) is 0 Å². The smallest absolute Gasteiger partial charge is 0.322 e. The Morgan fingerprint density at radius 2 is 1.89 bits per heavy atom. The summed E-state index contributed by atoms with van der Waals surface area (Å²) < 4.78 is 31.7. The minimum atomic E-state index is -3.84. The Hall–Kier alpha value is -0.740. The number of aliphatic hydroxyl groups excluding tert-OH is 1. The summed E-state index contributed by atoms with van der Waals surface area (Å²) >= 11 is 0. The van der Waals surface area contributed by atoms with Gasteiger partial charge in [0.25, 0.3) is 10.2 Å². The van der Waals surface area contributed by atoms with E-state index in [1.807, 2.05) is 0 Å². The number of ether oxygens (including phenoxy) is 1. The second-order valence-electron chi connectivity index (χ2n) is 4.33. The third-order valence-corrected chi connectivity index (χ3v) is 5.13. The van der Waals surface area contributed by atoms with Crippen molar-refractivity contribution < 1.29 is 28.2 Å². The van der Waals surface area contributed by atoms with Crippen LogP contribution in [0.2, 0.25) is 0 Å². The SMILES string of the molecule is O=C(O)C1CC(O)CN1S(=O)(=O)N1CCOCC1. The van der Waals surface area contributed by atoms with E-state index in [9.17, 15) is 18.3 Å². The fourth-order valence-electron chi connectivity index (χ4n) is 2.19. The molecular formula is C9H16N2O6S. The molecule has 0 aliphatic carbocycles. The number of carboxylic acid groups (broad SMARTS) is 1. The molecular weight excluding hydrogens is 264 g/mol. The molecule has 2 rings (SSSR count). The molecule has 2 aliphatic heterocycles. The number of aliphatic carboxylic acids is 1. The fourth-order valence-corrected chi connectivity index (χ4v) is 3.95. The molecule has 0 bridgehead atoms. The Balaban J connectivity index is 2.20. The summed E-state index contributed by atoms with van der Waals surface area (Å²) in [5, 5.41) is 18.5. The maximum atomic E-state index is 12.3. The summed E-state index contributed by atoms with van der Waals surface area (Å²) in [5.74, 6) is -1.23. The van der Waals surface area contributed by atoms with Crippen molar-refractivity contribution in [2.45, 2.75) is 18.6 Å². The molecule has 2 fully saturated rings. The topological polar surface area (TPSA) is 107 Å². The predicted octanol–water partition coefficient (Wildman–Crippen LogP) is -1.92. The molecule has 0 aromatic rings. The van der Waals surface area contributed by atoms with Crippen molar-refractivity contribution >= 4 is 16.2 Å². The maximum Gasteiger partial charge on any atom is 0.322 e. The molecule has 2 atom stereocenters. The van der Waals surface area contributed by atoms with E-state index < -0.39 is 28.3 Å². The van der Waals surface area contributed by atoms with E-state index in [0.717, 1.165) is 4.31 Å². The van der Waals surface area contributed by atoms with Crippen molar-refractivity contribution in [3.8, 4) is 0 Å². The van der Waals surface area contributed by atoms with Gasteiger partial charge in [-0.2, -0.15) is 17.0 Å². The first-order valence-electron chi connectivity index (χ1n) is 5.68. The Morgan fingerprint density at radius 1 is 1.28 bits per heavy atom. The van der Waals surface area contributed by atoms with Crippen LogP contribution in [0.15, 0.2) is 0 Å². The molecule has 0 aromatic heterocycles. The molecule has 104 valence electrons. The van der Waals surface area contributed by atoms with E-state index in [2.05, 4.69) is 0 Å². The van der Waals surface area contributed by atoms with Crippen LogP contribution in [0.3, 0.4) is 0 Å². The monoisotopic (exact) mass is 280 g/mol. The van der Waals surface area contributed by atoms with Crippen LogP contribution in [0.5, 0.6) is 0 Å². The summed E-state index contributed by atoms with van der Waals surface area (Å²) in [5.41, 5.74) is 0. The number of aliphatic hydroxyl groups is 1. The Kier molecular flexibility index (Phi) is 3.87. The van der Waals surface area contributed by atoms with Crippen LogP contribution in [-0.2, 0) is 19.7 Å². The molecule has 9 heteroatoms. The Labute approximate surface area is 105 Å². The largest absolute Gasteiger partial charge is 0.480 e. The van der Waals surface area contributed by atoms with Gasteiger partial charge in [0.1, 0.15) is 6.04 Å². The van der Waals surface area contributed by atoms with Crippen LogP contribution < -0.4 is 0 Å². The Bertz CT molecular complexity index is 419. The molecule has 8 nitrogen and oxygen atoms in total. The molecule has 2 N–H and O–H groups in total. The molecule has 2 unspecified atom stereocenters. The van der Waals surface area contributed by atoms with E-state index in [-0.39, 0.29) is 26.1 Å². The van der Waals surface area contributed by atoms with Crippen molar-refractivity contribution in [2.24, 2.45) is 0 Å². The van der Waals surface area contributed by atoms with Crippen LogP contribution in [0.4, 0.5) is 0 Å². The van der Waals surface area contributed by atoms with Gasteiger partial charge >= 0.3 is 5.97 Å². The van der Waals surface area contributed by atoms with Gasteiger partial charge in [-0.05, 0) is 0 Å². The highest BCUT2D eigenvalue weighted by Gasteiger charge is 2.45. The van der Waals surface area contributed by atoms with Crippen molar-refractivity contribution in [1.82, 2.24) is 8.61 Å². The minimum Gasteiger partial charge on any atom is -0.480 e. The maximum absolute atomic E-state index is 12.3. The number of morpholine rings is 1. The first-order chi connectivity index (χ1) is 8.43. The van der Waals surface area contributed by atoms with Crippen molar-refractivity contribution in [1.29, 1.82) is 0 Å². The second kappa shape index (κ2) is 5.10. The van der Waals surface area contributed by atoms with Gasteiger partial charge in [-0.1, -0.05) is 0 Å². The van der Waals surface area contributed by atoms with Gasteiger partial charge in [0.15, 0.2) is 0 Å².